The van der Waals surface area contributed by atoms with Crippen molar-refractivity contribution < 1.29 is 72.9 Å². The van der Waals surface area contributed by atoms with Crippen LogP contribution >= 0.6 is 0 Å². The Bertz CT molecular complexity index is 1800. The van der Waals surface area contributed by atoms with Crippen LogP contribution in [0.4, 0.5) is 0 Å². The van der Waals surface area contributed by atoms with Crippen molar-refractivity contribution >= 4 is 41.2 Å². The van der Waals surface area contributed by atoms with Crippen molar-refractivity contribution in [2.24, 2.45) is 22.7 Å². The normalized spacial score (nSPS) is 21.5. The monoisotopic (exact) mass is 774 g/mol. The van der Waals surface area contributed by atoms with Gasteiger partial charge in [-0.1, -0.05) is 48.6 Å². The summed E-state index contributed by atoms with van der Waals surface area (Å²) >= 11 is 0. The van der Waals surface area contributed by atoms with Crippen LogP contribution in [0.15, 0.2) is 97.1 Å². The highest BCUT2D eigenvalue weighted by molar-refractivity contribution is 6.06. The van der Waals surface area contributed by atoms with Gasteiger partial charge in [0.2, 0.25) is 10.8 Å². The van der Waals surface area contributed by atoms with E-state index in [1.165, 1.54) is 101 Å². The molecule has 0 aliphatic heterocycles. The third-order valence-corrected chi connectivity index (χ3v) is 8.82. The zero-order valence-corrected chi connectivity index (χ0v) is 31.0. The van der Waals surface area contributed by atoms with Gasteiger partial charge < -0.3 is 39.4 Å². The summed E-state index contributed by atoms with van der Waals surface area (Å²) in [6.07, 6.45) is 9.00. The number of hydrogen-bond donors (Lipinski definition) is 4. The zero-order valence-electron chi connectivity index (χ0n) is 31.0. The number of esters is 2. The lowest BCUT2D eigenvalue weighted by Gasteiger charge is -2.27. The Labute approximate surface area is 321 Å². The first-order valence-corrected chi connectivity index (χ1v) is 17.3. The molecular formula is C41H42O15. The molecule has 0 aromatic heterocycles. The Morgan fingerprint density at radius 1 is 0.536 bits per heavy atom. The minimum absolute atomic E-state index is 0.154. The van der Waals surface area contributed by atoms with Crippen LogP contribution in [-0.4, -0.2) is 99.3 Å². The molecule has 0 fully saturated rings. The predicted molar refractivity (Wildman–Crippen MR) is 196 cm³/mol. The summed E-state index contributed by atoms with van der Waals surface area (Å²) in [4.78, 5) is 88.0. The molecule has 0 spiro atoms. The summed E-state index contributed by atoms with van der Waals surface area (Å²) in [5.74, 6) is -8.21. The quantitative estimate of drug-likeness (QED) is 0.0559. The SMILES string of the molecule is CC(C)(O)C(=O)c1ccc(OCCOC(=O)C2(C(=O)O)C=CC(C(=O)C3C=CC(C(=O)O)(C(=O)OCCOc4ccc(C(=O)C(C)(C)O)cc4)C=C3)C=C2)cc1. The minimum atomic E-state index is -2.24. The molecule has 15 nitrogen and oxygen atoms in total. The average Bonchev–Trinajstić information content (AvgIpc) is 3.16. The zero-order chi connectivity index (χ0) is 41.5. The molecule has 296 valence electrons. The van der Waals surface area contributed by atoms with Crippen molar-refractivity contribution in [1.82, 2.24) is 0 Å². The first-order valence-electron chi connectivity index (χ1n) is 17.3. The smallest absolute Gasteiger partial charge is 0.331 e. The molecule has 0 atom stereocenters. The highest BCUT2D eigenvalue weighted by Crippen LogP contribution is 2.34. The molecule has 0 bridgehead atoms. The van der Waals surface area contributed by atoms with Gasteiger partial charge in [0.15, 0.2) is 17.3 Å². The van der Waals surface area contributed by atoms with Crippen LogP contribution in [-0.2, 0) is 33.4 Å². The van der Waals surface area contributed by atoms with Crippen molar-refractivity contribution in [3.63, 3.8) is 0 Å². The van der Waals surface area contributed by atoms with Gasteiger partial charge in [-0.3, -0.25) is 33.6 Å². The van der Waals surface area contributed by atoms with E-state index in [4.69, 9.17) is 18.9 Å². The molecule has 2 aliphatic rings. The van der Waals surface area contributed by atoms with Crippen molar-refractivity contribution in [3.05, 3.63) is 108 Å². The molecular weight excluding hydrogens is 732 g/mol. The number of aliphatic hydroxyl groups is 2. The summed E-state index contributed by atoms with van der Waals surface area (Å²) in [6, 6.07) is 11.8. The van der Waals surface area contributed by atoms with Crippen LogP contribution in [0.25, 0.3) is 0 Å². The lowest BCUT2D eigenvalue weighted by molar-refractivity contribution is -0.163. The number of allylic oxidation sites excluding steroid dienone is 4. The van der Waals surface area contributed by atoms with E-state index in [9.17, 15) is 54.0 Å². The molecule has 0 heterocycles. The van der Waals surface area contributed by atoms with E-state index in [0.717, 1.165) is 24.3 Å². The van der Waals surface area contributed by atoms with Crippen molar-refractivity contribution in [1.29, 1.82) is 0 Å². The molecule has 4 N–H and O–H groups in total. The Kier molecular flexibility index (Phi) is 13.0. The average molecular weight is 775 g/mol. The van der Waals surface area contributed by atoms with Gasteiger partial charge in [-0.25, -0.2) is 0 Å². The molecule has 0 unspecified atom stereocenters. The maximum atomic E-state index is 13.3. The van der Waals surface area contributed by atoms with Crippen LogP contribution in [0, 0.1) is 22.7 Å². The second kappa shape index (κ2) is 17.1. The number of rotatable bonds is 18. The number of hydrogen-bond acceptors (Lipinski definition) is 13. The van der Waals surface area contributed by atoms with Gasteiger partial charge in [-0.15, -0.1) is 0 Å². The number of carboxylic acids is 2. The molecule has 0 radical (unpaired) electrons. The van der Waals surface area contributed by atoms with Gasteiger partial charge >= 0.3 is 23.9 Å². The third-order valence-electron chi connectivity index (χ3n) is 8.82. The number of ketones is 3. The van der Waals surface area contributed by atoms with Gasteiger partial charge in [0, 0.05) is 11.1 Å². The summed E-state index contributed by atoms with van der Waals surface area (Å²) in [6.45, 7) is 4.49. The third kappa shape index (κ3) is 9.72. The summed E-state index contributed by atoms with van der Waals surface area (Å²) < 4.78 is 21.3. The van der Waals surface area contributed by atoms with Crippen LogP contribution in [0.3, 0.4) is 0 Å². The number of aliphatic carboxylic acids is 2. The fourth-order valence-corrected chi connectivity index (χ4v) is 5.53. The van der Waals surface area contributed by atoms with Crippen LogP contribution in [0.2, 0.25) is 0 Å². The molecule has 2 aromatic rings. The van der Waals surface area contributed by atoms with Crippen LogP contribution < -0.4 is 9.47 Å². The fourth-order valence-electron chi connectivity index (χ4n) is 5.53. The number of benzene rings is 2. The first-order chi connectivity index (χ1) is 26.2. The largest absolute Gasteiger partial charge is 0.490 e. The highest BCUT2D eigenvalue weighted by atomic mass is 16.6. The van der Waals surface area contributed by atoms with Crippen LogP contribution in [0.1, 0.15) is 48.4 Å². The molecule has 15 heteroatoms. The summed E-state index contributed by atoms with van der Waals surface area (Å²) in [5.41, 5.74) is -7.05. The summed E-state index contributed by atoms with van der Waals surface area (Å²) in [5, 5.41) is 39.6. The van der Waals surface area contributed by atoms with E-state index in [1.807, 2.05) is 0 Å². The van der Waals surface area contributed by atoms with Crippen LogP contribution in [0.5, 0.6) is 11.5 Å². The molecule has 2 aliphatic carbocycles. The Balaban J connectivity index is 1.28. The van der Waals surface area contributed by atoms with Gasteiger partial charge in [0.05, 0.1) is 11.8 Å². The second-order valence-corrected chi connectivity index (χ2v) is 14.0. The molecule has 4 rings (SSSR count). The van der Waals surface area contributed by atoms with E-state index in [2.05, 4.69) is 0 Å². The molecule has 56 heavy (non-hydrogen) atoms. The second-order valence-electron chi connectivity index (χ2n) is 14.0. The number of carbonyl (C=O) groups is 7. The Morgan fingerprint density at radius 2 is 0.839 bits per heavy atom. The topological polar surface area (TPSA) is 237 Å². The van der Waals surface area contributed by atoms with E-state index < -0.39 is 75.1 Å². The van der Waals surface area contributed by atoms with Crippen molar-refractivity contribution in [3.8, 4) is 11.5 Å². The standard InChI is InChI=1S/C41H42O15/c1-38(2,51)32(43)27-5-9-29(10-6-27)53-21-23-55-36(49)40(34(45)46)17-13-25(14-18-40)31(42)26-15-19-41(20-16-26,35(47)48)37(50)56-24-22-54-30-11-7-28(8-12-30)33(44)39(3,4)52/h5-20,25-26,51-52H,21-24H2,1-4H3,(H,45,46)(H,47,48). The Morgan fingerprint density at radius 3 is 1.11 bits per heavy atom. The van der Waals surface area contributed by atoms with Crippen molar-refractivity contribution in [2.45, 2.75) is 38.9 Å². The maximum absolute atomic E-state index is 13.3. The molecule has 0 saturated carbocycles. The lowest BCUT2D eigenvalue weighted by Crippen LogP contribution is -2.41. The minimum Gasteiger partial charge on any atom is -0.490 e. The van der Waals surface area contributed by atoms with Gasteiger partial charge in [0.25, 0.3) is 0 Å². The van der Waals surface area contributed by atoms with E-state index in [1.54, 1.807) is 0 Å². The van der Waals surface area contributed by atoms with E-state index in [0.29, 0.717) is 11.5 Å². The van der Waals surface area contributed by atoms with Crippen molar-refractivity contribution in [2.75, 3.05) is 26.4 Å². The van der Waals surface area contributed by atoms with Gasteiger partial charge in [-0.2, -0.15) is 0 Å². The maximum Gasteiger partial charge on any atom is 0.331 e. The van der Waals surface area contributed by atoms with E-state index >= 15 is 0 Å². The highest BCUT2D eigenvalue weighted by Gasteiger charge is 2.47. The summed E-state index contributed by atoms with van der Waals surface area (Å²) in [7, 11) is 0. The number of carboxylic acid groups (broad SMARTS) is 2. The van der Waals surface area contributed by atoms with Gasteiger partial charge in [0.1, 0.15) is 49.1 Å². The van der Waals surface area contributed by atoms with E-state index in [-0.39, 0.29) is 37.6 Å². The molecule has 0 amide bonds. The first kappa shape index (κ1) is 42.6. The fraction of sp³-hybridized carbons (Fsp3) is 0.341. The molecule has 2 aromatic carbocycles. The number of ether oxygens (including phenoxy) is 4. The lowest BCUT2D eigenvalue weighted by atomic mass is 9.76. The number of Topliss-reactive ketones (excluding diaryl/α,β-unsaturated/α-hetero) is 3. The number of carbonyl (C=O) groups excluding carboxylic acids is 5. The molecule has 0 saturated heterocycles. The predicted octanol–water partition coefficient (Wildman–Crippen LogP) is 3.33. The van der Waals surface area contributed by atoms with Gasteiger partial charge in [-0.05, 0) is 76.2 Å². The Hall–Kier alpha value is -6.19.